The van der Waals surface area contributed by atoms with Crippen LogP contribution < -0.4 is 5.32 Å². The van der Waals surface area contributed by atoms with Crippen LogP contribution in [0.5, 0.6) is 0 Å². The van der Waals surface area contributed by atoms with Gasteiger partial charge in [0.2, 0.25) is 0 Å². The molecular weight excluding hydrogens is 285 g/mol. The summed E-state index contributed by atoms with van der Waals surface area (Å²) in [7, 11) is 0. The van der Waals surface area contributed by atoms with E-state index in [0.717, 1.165) is 35.9 Å². The molecule has 1 aliphatic heterocycles. The zero-order chi connectivity index (χ0) is 14.8. The summed E-state index contributed by atoms with van der Waals surface area (Å²) in [5.41, 5.74) is -0.0799. The number of thioether (sulfide) groups is 1. The molecule has 0 radical (unpaired) electrons. The van der Waals surface area contributed by atoms with Crippen LogP contribution in [0.15, 0.2) is 29.3 Å². The molecule has 0 spiro atoms. The standard InChI is InChI=1S/C14H17F3N2S/c1-3-13(2)8-9-20-12(19-13)18-11-6-4-10(5-7-11)14(15,16)17/h4-7H,3,8-9H2,1-2H3,(H,18,19). The Bertz CT molecular complexity index is 496. The summed E-state index contributed by atoms with van der Waals surface area (Å²) in [5.74, 6) is 0.969. The van der Waals surface area contributed by atoms with E-state index in [2.05, 4.69) is 24.2 Å². The molecule has 6 heteroatoms. The molecule has 2 rings (SSSR count). The van der Waals surface area contributed by atoms with Crippen molar-refractivity contribution in [2.45, 2.75) is 38.4 Å². The third-order valence-corrected chi connectivity index (χ3v) is 4.35. The number of hydrogen-bond acceptors (Lipinski definition) is 3. The maximum atomic E-state index is 12.5. The number of nitrogens with zero attached hydrogens (tertiary/aromatic N) is 1. The Morgan fingerprint density at radius 2 is 1.95 bits per heavy atom. The van der Waals surface area contributed by atoms with Crippen LogP contribution in [0.25, 0.3) is 0 Å². The van der Waals surface area contributed by atoms with Crippen LogP contribution in [-0.4, -0.2) is 16.5 Å². The van der Waals surface area contributed by atoms with Crippen LogP contribution in [0.1, 0.15) is 32.3 Å². The minimum atomic E-state index is -4.30. The molecule has 2 nitrogen and oxygen atoms in total. The number of nitrogens with one attached hydrogen (secondary N) is 1. The SMILES string of the molecule is CCC1(C)CCSC(Nc2ccc(C(F)(F)F)cc2)=N1. The lowest BCUT2D eigenvalue weighted by Crippen LogP contribution is -2.29. The molecule has 1 heterocycles. The van der Waals surface area contributed by atoms with Gasteiger partial charge in [0.25, 0.3) is 0 Å². The molecule has 20 heavy (non-hydrogen) atoms. The summed E-state index contributed by atoms with van der Waals surface area (Å²) < 4.78 is 37.4. The van der Waals surface area contributed by atoms with Gasteiger partial charge in [0.1, 0.15) is 0 Å². The molecule has 1 atom stereocenters. The number of aliphatic imine (C=N–C) groups is 1. The van der Waals surface area contributed by atoms with Gasteiger partial charge in [-0.2, -0.15) is 13.2 Å². The van der Waals surface area contributed by atoms with E-state index in [0.29, 0.717) is 5.69 Å². The summed E-state index contributed by atoms with van der Waals surface area (Å²) in [6, 6.07) is 5.03. The molecule has 1 unspecified atom stereocenters. The van der Waals surface area contributed by atoms with Crippen LogP contribution in [0.2, 0.25) is 0 Å². The Labute approximate surface area is 120 Å². The second-order valence-corrected chi connectivity index (χ2v) is 6.15. The average Bonchev–Trinajstić information content (AvgIpc) is 2.38. The van der Waals surface area contributed by atoms with Gasteiger partial charge in [-0.1, -0.05) is 18.7 Å². The van der Waals surface area contributed by atoms with Crippen molar-refractivity contribution in [3.05, 3.63) is 29.8 Å². The number of rotatable bonds is 2. The summed E-state index contributed by atoms with van der Waals surface area (Å²) in [6.07, 6.45) is -2.32. The van der Waals surface area contributed by atoms with Crippen molar-refractivity contribution >= 4 is 22.6 Å². The Morgan fingerprint density at radius 3 is 2.50 bits per heavy atom. The predicted molar refractivity (Wildman–Crippen MR) is 78.3 cm³/mol. The first-order valence-electron chi connectivity index (χ1n) is 6.49. The Balaban J connectivity index is 2.11. The average molecular weight is 302 g/mol. The van der Waals surface area contributed by atoms with Gasteiger partial charge >= 0.3 is 6.18 Å². The fraction of sp³-hybridized carbons (Fsp3) is 0.500. The molecule has 0 bridgehead atoms. The van der Waals surface area contributed by atoms with Crippen molar-refractivity contribution in [2.24, 2.45) is 4.99 Å². The Kier molecular flexibility index (Phi) is 4.32. The van der Waals surface area contributed by atoms with Gasteiger partial charge in [0, 0.05) is 11.4 Å². The van der Waals surface area contributed by atoms with E-state index >= 15 is 0 Å². The lowest BCUT2D eigenvalue weighted by Gasteiger charge is -2.29. The van der Waals surface area contributed by atoms with Crippen LogP contribution in [-0.2, 0) is 6.18 Å². The van der Waals surface area contributed by atoms with E-state index in [9.17, 15) is 13.2 Å². The highest BCUT2D eigenvalue weighted by Gasteiger charge is 2.30. The number of anilines is 1. The van der Waals surface area contributed by atoms with E-state index in [1.165, 1.54) is 12.1 Å². The molecule has 1 N–H and O–H groups in total. The number of alkyl halides is 3. The van der Waals surface area contributed by atoms with Gasteiger partial charge in [0.15, 0.2) is 5.17 Å². The zero-order valence-corrected chi connectivity index (χ0v) is 12.2. The predicted octanol–water partition coefficient (Wildman–Crippen LogP) is 4.78. The second-order valence-electron chi connectivity index (χ2n) is 5.07. The van der Waals surface area contributed by atoms with Crippen molar-refractivity contribution in [1.29, 1.82) is 0 Å². The first-order valence-corrected chi connectivity index (χ1v) is 7.48. The van der Waals surface area contributed by atoms with Crippen molar-refractivity contribution < 1.29 is 13.2 Å². The van der Waals surface area contributed by atoms with Crippen molar-refractivity contribution in [1.82, 2.24) is 0 Å². The van der Waals surface area contributed by atoms with E-state index in [-0.39, 0.29) is 5.54 Å². The maximum absolute atomic E-state index is 12.5. The van der Waals surface area contributed by atoms with Crippen LogP contribution in [0.4, 0.5) is 18.9 Å². The van der Waals surface area contributed by atoms with Gasteiger partial charge < -0.3 is 5.32 Å². The number of hydrogen-bond donors (Lipinski definition) is 1. The van der Waals surface area contributed by atoms with E-state index in [4.69, 9.17) is 0 Å². The molecule has 0 amide bonds. The first-order chi connectivity index (χ1) is 9.32. The zero-order valence-electron chi connectivity index (χ0n) is 11.4. The van der Waals surface area contributed by atoms with Crippen molar-refractivity contribution in [3.63, 3.8) is 0 Å². The smallest absolute Gasteiger partial charge is 0.335 e. The Hall–Kier alpha value is -1.17. The molecule has 0 aromatic heterocycles. The molecular formula is C14H17F3N2S. The molecule has 1 aromatic carbocycles. The summed E-state index contributed by atoms with van der Waals surface area (Å²) in [5, 5.41) is 3.87. The fourth-order valence-electron chi connectivity index (χ4n) is 1.89. The summed E-state index contributed by atoms with van der Waals surface area (Å²) in [6.45, 7) is 4.19. The van der Waals surface area contributed by atoms with Crippen LogP contribution in [0.3, 0.4) is 0 Å². The highest BCUT2D eigenvalue weighted by molar-refractivity contribution is 8.14. The highest BCUT2D eigenvalue weighted by Crippen LogP contribution is 2.32. The molecule has 0 fully saturated rings. The number of halogens is 3. The van der Waals surface area contributed by atoms with Gasteiger partial charge in [0.05, 0.1) is 11.1 Å². The number of amidine groups is 1. The maximum Gasteiger partial charge on any atom is 0.416 e. The quantitative estimate of drug-likeness (QED) is 0.850. The van der Waals surface area contributed by atoms with Gasteiger partial charge in [-0.15, -0.1) is 0 Å². The van der Waals surface area contributed by atoms with Gasteiger partial charge in [-0.3, -0.25) is 4.99 Å². The topological polar surface area (TPSA) is 24.4 Å². The van der Waals surface area contributed by atoms with E-state index in [1.807, 2.05) is 0 Å². The minimum Gasteiger partial charge on any atom is -0.335 e. The summed E-state index contributed by atoms with van der Waals surface area (Å²) in [4.78, 5) is 4.64. The minimum absolute atomic E-state index is 0.0699. The van der Waals surface area contributed by atoms with Crippen molar-refractivity contribution in [2.75, 3.05) is 11.1 Å². The van der Waals surface area contributed by atoms with Gasteiger partial charge in [-0.05, 0) is 44.0 Å². The lowest BCUT2D eigenvalue weighted by molar-refractivity contribution is -0.137. The fourth-order valence-corrected chi connectivity index (χ4v) is 3.10. The Morgan fingerprint density at radius 1 is 1.30 bits per heavy atom. The van der Waals surface area contributed by atoms with Crippen molar-refractivity contribution in [3.8, 4) is 0 Å². The molecule has 0 saturated carbocycles. The van der Waals surface area contributed by atoms with Crippen LogP contribution >= 0.6 is 11.8 Å². The summed E-state index contributed by atoms with van der Waals surface area (Å²) >= 11 is 1.60. The van der Waals surface area contributed by atoms with Gasteiger partial charge in [-0.25, -0.2) is 0 Å². The normalized spacial score (nSPS) is 23.4. The van der Waals surface area contributed by atoms with E-state index in [1.54, 1.807) is 11.8 Å². The molecule has 1 aromatic rings. The largest absolute Gasteiger partial charge is 0.416 e. The monoisotopic (exact) mass is 302 g/mol. The third kappa shape index (κ3) is 3.69. The molecule has 110 valence electrons. The molecule has 1 aliphatic rings. The molecule has 0 aliphatic carbocycles. The van der Waals surface area contributed by atoms with Crippen LogP contribution in [0, 0.1) is 0 Å². The highest BCUT2D eigenvalue weighted by atomic mass is 32.2. The molecule has 0 saturated heterocycles. The first kappa shape index (κ1) is 15.2. The number of benzene rings is 1. The second kappa shape index (κ2) is 5.68. The van der Waals surface area contributed by atoms with E-state index < -0.39 is 11.7 Å². The lowest BCUT2D eigenvalue weighted by atomic mass is 9.97. The third-order valence-electron chi connectivity index (χ3n) is 3.48.